The van der Waals surface area contributed by atoms with Crippen LogP contribution in [0.25, 0.3) is 0 Å². The van der Waals surface area contributed by atoms with E-state index in [-0.39, 0.29) is 18.3 Å². The summed E-state index contributed by atoms with van der Waals surface area (Å²) in [6.45, 7) is 8.89. The lowest BCUT2D eigenvalue weighted by Gasteiger charge is -2.21. The third-order valence-electron chi connectivity index (χ3n) is 1.72. The Labute approximate surface area is 99.5 Å². The SMILES string of the molecule is [B]CC(=O)NC(COC(C)C)OCC(C)C. The van der Waals surface area contributed by atoms with E-state index in [1.54, 1.807) is 0 Å². The molecule has 0 heterocycles. The van der Waals surface area contributed by atoms with E-state index in [1.807, 2.05) is 27.7 Å². The van der Waals surface area contributed by atoms with E-state index in [0.717, 1.165) is 0 Å². The Hall–Kier alpha value is -0.545. The number of rotatable bonds is 8. The monoisotopic (exact) mass is 227 g/mol. The fourth-order valence-corrected chi connectivity index (χ4v) is 0.958. The maximum atomic E-state index is 11.1. The van der Waals surface area contributed by atoms with Gasteiger partial charge in [0.15, 0.2) is 6.23 Å². The van der Waals surface area contributed by atoms with Gasteiger partial charge < -0.3 is 14.8 Å². The summed E-state index contributed by atoms with van der Waals surface area (Å²) in [5.74, 6) is 0.178. The van der Waals surface area contributed by atoms with Crippen LogP contribution in [0.4, 0.5) is 0 Å². The van der Waals surface area contributed by atoms with Crippen molar-refractivity contribution in [1.82, 2.24) is 5.32 Å². The van der Waals surface area contributed by atoms with E-state index in [2.05, 4.69) is 5.32 Å². The van der Waals surface area contributed by atoms with Crippen LogP contribution in [-0.4, -0.2) is 39.3 Å². The predicted octanol–water partition coefficient (Wildman–Crippen LogP) is 1.11. The highest BCUT2D eigenvalue weighted by molar-refractivity contribution is 6.19. The van der Waals surface area contributed by atoms with Crippen LogP contribution >= 0.6 is 0 Å². The lowest BCUT2D eigenvalue weighted by molar-refractivity contribution is -0.127. The van der Waals surface area contributed by atoms with E-state index in [1.165, 1.54) is 0 Å². The molecule has 0 aliphatic rings. The summed E-state index contributed by atoms with van der Waals surface area (Å²) in [4.78, 5) is 11.1. The van der Waals surface area contributed by atoms with Crippen LogP contribution in [-0.2, 0) is 14.3 Å². The predicted molar refractivity (Wildman–Crippen MR) is 64.4 cm³/mol. The van der Waals surface area contributed by atoms with Gasteiger partial charge in [-0.2, -0.15) is 0 Å². The van der Waals surface area contributed by atoms with Crippen LogP contribution in [0.5, 0.6) is 0 Å². The zero-order valence-electron chi connectivity index (χ0n) is 10.7. The summed E-state index contributed by atoms with van der Waals surface area (Å²) in [6.07, 6.45) is -0.343. The molecule has 0 rings (SSSR count). The maximum absolute atomic E-state index is 11.1. The molecule has 0 aliphatic heterocycles. The third kappa shape index (κ3) is 8.74. The number of ether oxygens (including phenoxy) is 2. The number of hydrogen-bond acceptors (Lipinski definition) is 3. The Morgan fingerprint density at radius 2 is 1.81 bits per heavy atom. The first kappa shape index (κ1) is 15.5. The molecule has 0 bridgehead atoms. The molecule has 4 nitrogen and oxygen atoms in total. The molecule has 0 saturated heterocycles. The molecular weight excluding hydrogens is 205 g/mol. The summed E-state index contributed by atoms with van der Waals surface area (Å²) in [7, 11) is 5.22. The van der Waals surface area contributed by atoms with Gasteiger partial charge in [0.1, 0.15) is 0 Å². The van der Waals surface area contributed by atoms with Crippen molar-refractivity contribution in [3.05, 3.63) is 0 Å². The third-order valence-corrected chi connectivity index (χ3v) is 1.72. The molecule has 0 aliphatic carbocycles. The van der Waals surface area contributed by atoms with Crippen molar-refractivity contribution >= 4 is 13.8 Å². The summed E-state index contributed by atoms with van der Waals surface area (Å²) in [5, 5.41) is 2.67. The van der Waals surface area contributed by atoms with Gasteiger partial charge in [-0.25, -0.2) is 0 Å². The van der Waals surface area contributed by atoms with Crippen LogP contribution in [0.15, 0.2) is 0 Å². The summed E-state index contributed by atoms with van der Waals surface area (Å²) in [5.41, 5.74) is 0. The number of carbonyl (C=O) groups is 1. The minimum absolute atomic E-state index is 0.0385. The molecule has 92 valence electrons. The van der Waals surface area contributed by atoms with Gasteiger partial charge >= 0.3 is 0 Å². The largest absolute Gasteiger partial charge is 0.374 e. The van der Waals surface area contributed by atoms with Gasteiger partial charge in [-0.3, -0.25) is 4.79 Å². The molecule has 0 aromatic heterocycles. The topological polar surface area (TPSA) is 47.6 Å². The second-order valence-corrected chi connectivity index (χ2v) is 4.37. The molecule has 0 fully saturated rings. The van der Waals surface area contributed by atoms with Crippen LogP contribution in [0.3, 0.4) is 0 Å². The number of hydrogen-bond donors (Lipinski definition) is 1. The molecule has 1 unspecified atom stereocenters. The molecule has 1 N–H and O–H groups in total. The zero-order valence-corrected chi connectivity index (χ0v) is 10.7. The van der Waals surface area contributed by atoms with E-state index < -0.39 is 6.23 Å². The molecule has 0 aromatic carbocycles. The van der Waals surface area contributed by atoms with Crippen molar-refractivity contribution < 1.29 is 14.3 Å². The molecule has 1 atom stereocenters. The molecule has 2 radical (unpaired) electrons. The lowest BCUT2D eigenvalue weighted by atomic mass is 10.1. The van der Waals surface area contributed by atoms with Crippen molar-refractivity contribution in [2.75, 3.05) is 13.2 Å². The van der Waals surface area contributed by atoms with Gasteiger partial charge in [0.2, 0.25) is 5.91 Å². The van der Waals surface area contributed by atoms with Crippen LogP contribution in [0.1, 0.15) is 27.7 Å². The van der Waals surface area contributed by atoms with Gasteiger partial charge in [0.25, 0.3) is 0 Å². The lowest BCUT2D eigenvalue weighted by Crippen LogP contribution is -2.41. The van der Waals surface area contributed by atoms with Gasteiger partial charge in [-0.1, -0.05) is 13.8 Å². The van der Waals surface area contributed by atoms with Gasteiger partial charge in [0.05, 0.1) is 27.2 Å². The average Bonchev–Trinajstić information content (AvgIpc) is 2.21. The fourth-order valence-electron chi connectivity index (χ4n) is 0.958. The quantitative estimate of drug-likeness (QED) is 0.499. The summed E-state index contributed by atoms with van der Waals surface area (Å²) in [6, 6.07) is 0. The molecule has 1 amide bonds. The number of carbonyl (C=O) groups excluding carboxylic acids is 1. The maximum Gasteiger partial charge on any atom is 0.213 e. The molecule has 16 heavy (non-hydrogen) atoms. The molecule has 0 saturated carbocycles. The van der Waals surface area contributed by atoms with Gasteiger partial charge in [-0.05, 0) is 26.1 Å². The highest BCUT2D eigenvalue weighted by Gasteiger charge is 2.13. The summed E-state index contributed by atoms with van der Waals surface area (Å²) >= 11 is 0. The van der Waals surface area contributed by atoms with Crippen molar-refractivity contribution in [2.24, 2.45) is 5.92 Å². The second kappa shape index (κ2) is 8.59. The van der Waals surface area contributed by atoms with E-state index in [9.17, 15) is 4.79 Å². The van der Waals surface area contributed by atoms with E-state index >= 15 is 0 Å². The van der Waals surface area contributed by atoms with Gasteiger partial charge in [0, 0.05) is 0 Å². The first-order valence-corrected chi connectivity index (χ1v) is 5.68. The molecule has 0 aromatic rings. The normalized spacial score (nSPS) is 13.1. The highest BCUT2D eigenvalue weighted by atomic mass is 16.5. The molecule has 0 spiro atoms. The first-order valence-electron chi connectivity index (χ1n) is 5.68. The van der Waals surface area contributed by atoms with Crippen molar-refractivity contribution in [2.45, 2.75) is 46.3 Å². The Balaban J connectivity index is 3.99. The Morgan fingerprint density at radius 1 is 1.19 bits per heavy atom. The number of nitrogens with one attached hydrogen (secondary N) is 1. The minimum Gasteiger partial charge on any atom is -0.374 e. The standard InChI is InChI=1S/C11H22BNO3/c1-8(2)6-16-11(7-15-9(3)4)13-10(14)5-12/h8-9,11H,5-7H2,1-4H3,(H,13,14). The zero-order chi connectivity index (χ0) is 12.6. The molecular formula is C11H22BNO3. The smallest absolute Gasteiger partial charge is 0.213 e. The minimum atomic E-state index is -0.416. The van der Waals surface area contributed by atoms with Gasteiger partial charge in [-0.15, -0.1) is 0 Å². The Morgan fingerprint density at radius 3 is 2.25 bits per heavy atom. The Kier molecular flexibility index (Phi) is 8.30. The van der Waals surface area contributed by atoms with Crippen molar-refractivity contribution in [1.29, 1.82) is 0 Å². The molecule has 5 heteroatoms. The van der Waals surface area contributed by atoms with E-state index in [4.69, 9.17) is 17.3 Å². The second-order valence-electron chi connectivity index (χ2n) is 4.37. The van der Waals surface area contributed by atoms with Crippen LogP contribution in [0.2, 0.25) is 6.32 Å². The van der Waals surface area contributed by atoms with Crippen LogP contribution in [0, 0.1) is 5.92 Å². The fraction of sp³-hybridized carbons (Fsp3) is 0.909. The highest BCUT2D eigenvalue weighted by Crippen LogP contribution is 1.99. The van der Waals surface area contributed by atoms with Crippen molar-refractivity contribution in [3.8, 4) is 0 Å². The average molecular weight is 227 g/mol. The number of amides is 1. The first-order chi connectivity index (χ1) is 7.45. The van der Waals surface area contributed by atoms with E-state index in [0.29, 0.717) is 19.1 Å². The summed E-state index contributed by atoms with van der Waals surface area (Å²) < 4.78 is 10.9. The van der Waals surface area contributed by atoms with Crippen molar-refractivity contribution in [3.63, 3.8) is 0 Å². The Bertz CT molecular complexity index is 186. The van der Waals surface area contributed by atoms with Crippen LogP contribution < -0.4 is 5.32 Å².